The van der Waals surface area contributed by atoms with Crippen LogP contribution in [0.15, 0.2) is 40.1 Å². The Balaban J connectivity index is 2.32. The van der Waals surface area contributed by atoms with E-state index < -0.39 is 11.2 Å². The minimum Gasteiger partial charge on any atom is -0.497 e. The molecule has 6 nitrogen and oxygen atoms in total. The van der Waals surface area contributed by atoms with Gasteiger partial charge in [0.2, 0.25) is 0 Å². The SMILES string of the molecule is COc1ccc(Cn2c(=O)cn[nH]c2=O)cc1. The maximum Gasteiger partial charge on any atom is 0.345 e. The molecular weight excluding hydrogens is 222 g/mol. The second kappa shape index (κ2) is 4.65. The molecule has 2 rings (SSSR count). The van der Waals surface area contributed by atoms with Crippen molar-refractivity contribution in [1.82, 2.24) is 14.8 Å². The third-order valence-corrected chi connectivity index (χ3v) is 2.35. The molecule has 0 spiro atoms. The van der Waals surface area contributed by atoms with Crippen LogP contribution in [-0.2, 0) is 6.54 Å². The van der Waals surface area contributed by atoms with Gasteiger partial charge in [-0.15, -0.1) is 0 Å². The Labute approximate surface area is 96.5 Å². The van der Waals surface area contributed by atoms with Crippen molar-refractivity contribution in [2.45, 2.75) is 6.54 Å². The molecule has 0 fully saturated rings. The van der Waals surface area contributed by atoms with Gasteiger partial charge in [0.25, 0.3) is 5.56 Å². The second-order valence-electron chi connectivity index (χ2n) is 3.45. The fourth-order valence-electron chi connectivity index (χ4n) is 1.44. The molecule has 0 saturated heterocycles. The predicted molar refractivity (Wildman–Crippen MR) is 61.2 cm³/mol. The molecule has 0 aliphatic rings. The molecule has 1 N–H and O–H groups in total. The second-order valence-corrected chi connectivity index (χ2v) is 3.45. The highest BCUT2D eigenvalue weighted by Crippen LogP contribution is 2.11. The van der Waals surface area contributed by atoms with Gasteiger partial charge in [-0.05, 0) is 17.7 Å². The van der Waals surface area contributed by atoms with Crippen molar-refractivity contribution in [2.24, 2.45) is 0 Å². The first-order chi connectivity index (χ1) is 8.20. The first-order valence-electron chi connectivity index (χ1n) is 4.98. The zero-order valence-electron chi connectivity index (χ0n) is 9.21. The van der Waals surface area contributed by atoms with Gasteiger partial charge in [0.1, 0.15) is 11.9 Å². The van der Waals surface area contributed by atoms with Crippen LogP contribution in [0.1, 0.15) is 5.56 Å². The minimum atomic E-state index is -0.520. The average molecular weight is 233 g/mol. The van der Waals surface area contributed by atoms with Crippen molar-refractivity contribution >= 4 is 0 Å². The number of benzene rings is 1. The summed E-state index contributed by atoms with van der Waals surface area (Å²) in [5.41, 5.74) is -0.109. The normalized spacial score (nSPS) is 10.2. The quantitative estimate of drug-likeness (QED) is 0.808. The van der Waals surface area contributed by atoms with E-state index in [0.717, 1.165) is 22.1 Å². The topological polar surface area (TPSA) is 77.0 Å². The molecule has 0 aliphatic carbocycles. The minimum absolute atomic E-state index is 0.209. The fraction of sp³-hybridized carbons (Fsp3) is 0.182. The number of ether oxygens (including phenoxy) is 1. The van der Waals surface area contributed by atoms with Gasteiger partial charge in [0.05, 0.1) is 13.7 Å². The summed E-state index contributed by atoms with van der Waals surface area (Å²) in [6.07, 6.45) is 1.07. The molecule has 0 saturated carbocycles. The summed E-state index contributed by atoms with van der Waals surface area (Å²) in [6, 6.07) is 7.14. The van der Waals surface area contributed by atoms with Crippen molar-refractivity contribution in [3.8, 4) is 5.75 Å². The van der Waals surface area contributed by atoms with Crippen molar-refractivity contribution in [1.29, 1.82) is 0 Å². The molecule has 0 unspecified atom stereocenters. The van der Waals surface area contributed by atoms with E-state index in [0.29, 0.717) is 0 Å². The summed E-state index contributed by atoms with van der Waals surface area (Å²) in [5, 5.41) is 5.64. The van der Waals surface area contributed by atoms with Crippen LogP contribution in [-0.4, -0.2) is 21.9 Å². The van der Waals surface area contributed by atoms with Crippen LogP contribution in [0.4, 0.5) is 0 Å². The van der Waals surface area contributed by atoms with Gasteiger partial charge in [0.15, 0.2) is 0 Å². The molecule has 1 aromatic heterocycles. The molecule has 0 bridgehead atoms. The molecule has 0 atom stereocenters. The van der Waals surface area contributed by atoms with Crippen LogP contribution in [0.25, 0.3) is 0 Å². The molecule has 6 heteroatoms. The summed E-state index contributed by atoms with van der Waals surface area (Å²) in [6.45, 7) is 0.209. The third-order valence-electron chi connectivity index (χ3n) is 2.35. The lowest BCUT2D eigenvalue weighted by Gasteiger charge is -2.04. The average Bonchev–Trinajstić information content (AvgIpc) is 2.35. The Morgan fingerprint density at radius 3 is 2.59 bits per heavy atom. The van der Waals surface area contributed by atoms with Crippen LogP contribution >= 0.6 is 0 Å². The number of nitrogens with zero attached hydrogens (tertiary/aromatic N) is 2. The number of nitrogens with one attached hydrogen (secondary N) is 1. The zero-order chi connectivity index (χ0) is 12.3. The van der Waals surface area contributed by atoms with Gasteiger partial charge in [-0.3, -0.25) is 9.36 Å². The monoisotopic (exact) mass is 233 g/mol. The van der Waals surface area contributed by atoms with E-state index in [9.17, 15) is 9.59 Å². The van der Waals surface area contributed by atoms with Crippen LogP contribution in [0, 0.1) is 0 Å². The van der Waals surface area contributed by atoms with E-state index in [1.807, 2.05) is 0 Å². The van der Waals surface area contributed by atoms with E-state index in [1.54, 1.807) is 31.4 Å². The van der Waals surface area contributed by atoms with Crippen molar-refractivity contribution in [3.63, 3.8) is 0 Å². The van der Waals surface area contributed by atoms with Crippen LogP contribution in [0.5, 0.6) is 5.75 Å². The van der Waals surface area contributed by atoms with Crippen LogP contribution in [0.2, 0.25) is 0 Å². The van der Waals surface area contributed by atoms with Gasteiger partial charge < -0.3 is 4.74 Å². The van der Waals surface area contributed by atoms with E-state index >= 15 is 0 Å². The first-order valence-corrected chi connectivity index (χ1v) is 4.98. The number of aromatic nitrogens is 3. The zero-order valence-corrected chi connectivity index (χ0v) is 9.21. The molecule has 1 heterocycles. The summed E-state index contributed by atoms with van der Waals surface area (Å²) in [5.74, 6) is 0.727. The Morgan fingerprint density at radius 2 is 2.00 bits per heavy atom. The Kier molecular flexibility index (Phi) is 3.04. The highest BCUT2D eigenvalue weighted by Gasteiger charge is 2.02. The summed E-state index contributed by atoms with van der Waals surface area (Å²) in [7, 11) is 1.58. The Morgan fingerprint density at radius 1 is 1.29 bits per heavy atom. The molecule has 0 radical (unpaired) electrons. The molecule has 1 aromatic carbocycles. The Hall–Kier alpha value is -2.37. The number of methoxy groups -OCH3 is 1. The standard InChI is InChI=1S/C11H11N3O3/c1-17-9-4-2-8(3-5-9)7-14-10(15)6-12-13-11(14)16/h2-6H,7H2,1H3,(H,13,16). The highest BCUT2D eigenvalue weighted by molar-refractivity contribution is 5.27. The highest BCUT2D eigenvalue weighted by atomic mass is 16.5. The van der Waals surface area contributed by atoms with E-state index in [-0.39, 0.29) is 6.54 Å². The lowest BCUT2D eigenvalue weighted by molar-refractivity contribution is 0.414. The number of rotatable bonds is 3. The maximum atomic E-state index is 11.4. The summed E-state index contributed by atoms with van der Waals surface area (Å²) >= 11 is 0. The fourth-order valence-corrected chi connectivity index (χ4v) is 1.44. The third kappa shape index (κ3) is 2.41. The largest absolute Gasteiger partial charge is 0.497 e. The van der Waals surface area contributed by atoms with Gasteiger partial charge in [-0.1, -0.05) is 12.1 Å². The number of aromatic amines is 1. The molecule has 17 heavy (non-hydrogen) atoms. The number of hydrogen-bond donors (Lipinski definition) is 1. The number of hydrogen-bond acceptors (Lipinski definition) is 4. The Bertz CT molecular complexity index is 585. The summed E-state index contributed by atoms with van der Waals surface area (Å²) < 4.78 is 6.10. The van der Waals surface area contributed by atoms with Gasteiger partial charge in [-0.2, -0.15) is 5.10 Å². The molecule has 2 aromatic rings. The molecular formula is C11H11N3O3. The van der Waals surface area contributed by atoms with Gasteiger partial charge in [-0.25, -0.2) is 9.89 Å². The van der Waals surface area contributed by atoms with Crippen molar-refractivity contribution in [3.05, 3.63) is 56.9 Å². The first kappa shape index (κ1) is 11.1. The van der Waals surface area contributed by atoms with E-state index in [4.69, 9.17) is 4.74 Å². The van der Waals surface area contributed by atoms with Gasteiger partial charge >= 0.3 is 5.69 Å². The molecule has 0 amide bonds. The van der Waals surface area contributed by atoms with E-state index in [1.165, 1.54) is 0 Å². The maximum absolute atomic E-state index is 11.4. The molecule has 88 valence electrons. The lowest BCUT2D eigenvalue weighted by atomic mass is 10.2. The number of H-pyrrole nitrogens is 1. The predicted octanol–water partition coefficient (Wildman–Crippen LogP) is -0.0115. The lowest BCUT2D eigenvalue weighted by Crippen LogP contribution is -2.35. The van der Waals surface area contributed by atoms with Crippen LogP contribution in [0.3, 0.4) is 0 Å². The van der Waals surface area contributed by atoms with Gasteiger partial charge in [0, 0.05) is 0 Å². The van der Waals surface area contributed by atoms with Crippen molar-refractivity contribution in [2.75, 3.05) is 7.11 Å². The molecule has 0 aliphatic heterocycles. The summed E-state index contributed by atoms with van der Waals surface area (Å²) in [4.78, 5) is 22.8. The van der Waals surface area contributed by atoms with E-state index in [2.05, 4.69) is 10.2 Å². The smallest absolute Gasteiger partial charge is 0.345 e. The van der Waals surface area contributed by atoms with Crippen LogP contribution < -0.4 is 16.0 Å². The van der Waals surface area contributed by atoms with Crippen molar-refractivity contribution < 1.29 is 4.74 Å².